The Morgan fingerprint density at radius 3 is 0.695 bits per heavy atom. The first-order valence-corrected chi connectivity index (χ1v) is 41.3. The summed E-state index contributed by atoms with van der Waals surface area (Å²) in [5.74, 6) is -0.129. The third kappa shape index (κ3) is 10.1. The molecule has 6 saturated heterocycles. The fraction of sp³-hybridized carbons (Fsp3) is 0.129. The molecule has 8 bridgehead atoms. The van der Waals surface area contributed by atoms with Crippen LogP contribution in [0.1, 0.15) is 67.5 Å². The van der Waals surface area contributed by atoms with E-state index in [-0.39, 0.29) is 17.4 Å². The van der Waals surface area contributed by atoms with Gasteiger partial charge in [-0.15, -0.1) is 0 Å². The van der Waals surface area contributed by atoms with Gasteiger partial charge < -0.3 is 49.4 Å². The van der Waals surface area contributed by atoms with Gasteiger partial charge in [0.1, 0.15) is 0 Å². The molecule has 5 unspecified atom stereocenters. The zero-order valence-electron chi connectivity index (χ0n) is 46.3. The minimum Gasteiger partial charge on any atom is -0.370 e. The van der Waals surface area contributed by atoms with Crippen molar-refractivity contribution in [2.45, 2.75) is 40.2 Å². The molecule has 82 heavy (non-hydrogen) atoms. The van der Waals surface area contributed by atoms with E-state index in [9.17, 15) is 0 Å². The molecule has 0 radical (unpaired) electrons. The van der Waals surface area contributed by atoms with Crippen molar-refractivity contribution in [2.24, 2.45) is 11.3 Å². The molecule has 6 heterocycles. The zero-order chi connectivity index (χ0) is 57.2. The van der Waals surface area contributed by atoms with Crippen molar-refractivity contribution < 1.29 is 49.4 Å². The second-order valence-corrected chi connectivity index (χ2v) is 45.6. The number of hydrogen-bond acceptors (Lipinski definition) is 12. The van der Waals surface area contributed by atoms with Crippen molar-refractivity contribution >= 4 is 143 Å². The highest BCUT2D eigenvalue weighted by molar-refractivity contribution is 7.13. The molecular formula is C62H64O12Si8. The molecule has 416 valence electrons. The highest BCUT2D eigenvalue weighted by atomic mass is 28.6. The lowest BCUT2D eigenvalue weighted by Crippen LogP contribution is -2.95. The quantitative estimate of drug-likeness (QED) is 0.0862. The first-order chi connectivity index (χ1) is 39.4. The van der Waals surface area contributed by atoms with Gasteiger partial charge in [-0.1, -0.05) is 280 Å². The van der Waals surface area contributed by atoms with Crippen molar-refractivity contribution in [2.75, 3.05) is 0 Å². The topological polar surface area (TPSA) is 111 Å². The third-order valence-corrected chi connectivity index (χ3v) is 49.8. The lowest BCUT2D eigenvalue weighted by atomic mass is 9.86. The Balaban J connectivity index is 1.30. The van der Waals surface area contributed by atoms with E-state index in [4.69, 9.17) is 49.4 Å². The summed E-state index contributed by atoms with van der Waals surface area (Å²) in [6, 6.07) is 56.4. The highest BCUT2D eigenvalue weighted by Gasteiger charge is 2.86. The van der Waals surface area contributed by atoms with Crippen LogP contribution in [-0.4, -0.2) is 70.4 Å². The average Bonchev–Trinajstić information content (AvgIpc) is 0.752. The Labute approximate surface area is 489 Å². The lowest BCUT2D eigenvalue weighted by Gasteiger charge is -2.63. The van der Waals surface area contributed by atoms with Gasteiger partial charge in [0.25, 0.3) is 0 Å². The number of rotatable bonds is 16. The predicted octanol–water partition coefficient (Wildman–Crippen LogP) is 9.05. The maximum absolute atomic E-state index is 8.38. The van der Waals surface area contributed by atoms with E-state index >= 15 is 0 Å². The smallest absolute Gasteiger partial charge is 0.370 e. The zero-order valence-corrected chi connectivity index (χ0v) is 54.3. The molecule has 12 nitrogen and oxygen atoms in total. The van der Waals surface area contributed by atoms with Crippen molar-refractivity contribution in [3.8, 4) is 0 Å². The normalized spacial score (nSPS) is 30.3. The number of benzene rings is 7. The Kier molecular flexibility index (Phi) is 14.8. The first kappa shape index (κ1) is 56.7. The molecular weight excluding hydrogens is 1160 g/mol. The van der Waals surface area contributed by atoms with Crippen LogP contribution in [0.15, 0.2) is 215 Å². The van der Waals surface area contributed by atoms with Gasteiger partial charge in [0.05, 0.1) is 0 Å². The van der Waals surface area contributed by atoms with E-state index in [1.54, 1.807) is 36.5 Å². The molecule has 0 spiro atoms. The van der Waals surface area contributed by atoms with Crippen LogP contribution in [0.2, 0.25) is 6.04 Å². The van der Waals surface area contributed by atoms with Crippen LogP contribution >= 0.6 is 0 Å². The van der Waals surface area contributed by atoms with E-state index in [0.717, 1.165) is 39.8 Å². The molecule has 7 aromatic rings. The van der Waals surface area contributed by atoms with Crippen LogP contribution in [0.5, 0.6) is 0 Å². The van der Waals surface area contributed by atoms with Gasteiger partial charge >= 0.3 is 70.4 Å². The Bertz CT molecular complexity index is 3450. The van der Waals surface area contributed by atoms with Gasteiger partial charge in [0, 0.05) is 42.4 Å². The van der Waals surface area contributed by atoms with Crippen molar-refractivity contribution in [1.82, 2.24) is 0 Å². The summed E-state index contributed by atoms with van der Waals surface area (Å²) in [4.78, 5) is 0. The van der Waals surface area contributed by atoms with Gasteiger partial charge in [-0.2, -0.15) is 0 Å². The summed E-state index contributed by atoms with van der Waals surface area (Å²) in [6.07, 6.45) is 11.4. The van der Waals surface area contributed by atoms with Crippen molar-refractivity contribution in [3.63, 3.8) is 0 Å². The number of hydrogen-bond donors (Lipinski definition) is 0. The largest absolute Gasteiger partial charge is 0.515 e. The van der Waals surface area contributed by atoms with E-state index < -0.39 is 70.4 Å². The highest BCUT2D eigenvalue weighted by Crippen LogP contribution is 2.50. The molecule has 7 aromatic carbocycles. The standard InChI is InChI=1S/C62H64O12Si8/c1-11-49-22-34-56(35-23-49)77-64-75(47-48(7)46-62(8,9)10)63-76(55-20-18-17-19-21-55)66-79(68-77,58-38-26-51(13-3)27-39-58)72-82(61-44-32-54(16-6)33-45-61)73-80(67-76,59-40-28-52(14-4)29-41-59)69-78(65-75,57-36-24-50(12-2)25-37-57)71-81(70-77,74-82)60-42-30-53(15-5)31-43-60/h11-45,48H,1-6,46-47H2,7-10H3. The molecule has 0 aliphatic carbocycles. The van der Waals surface area contributed by atoms with Crippen molar-refractivity contribution in [3.05, 3.63) is 249 Å². The maximum atomic E-state index is 8.38. The fourth-order valence-corrected chi connectivity index (χ4v) is 57.8. The molecule has 0 saturated carbocycles. The van der Waals surface area contributed by atoms with Gasteiger partial charge in [-0.25, -0.2) is 0 Å². The third-order valence-electron chi connectivity index (χ3n) is 15.0. The molecule has 6 fully saturated rings. The van der Waals surface area contributed by atoms with Gasteiger partial charge in [0.2, 0.25) is 0 Å². The van der Waals surface area contributed by atoms with Gasteiger partial charge in [-0.3, -0.25) is 0 Å². The summed E-state index contributed by atoms with van der Waals surface area (Å²) in [5, 5.41) is 3.68. The van der Waals surface area contributed by atoms with Gasteiger partial charge in [-0.05, 0) is 51.1 Å². The monoisotopic (exact) mass is 1220 g/mol. The minimum absolute atomic E-state index is 0.129. The predicted molar refractivity (Wildman–Crippen MR) is 340 cm³/mol. The lowest BCUT2D eigenvalue weighted by molar-refractivity contribution is -0.00762. The molecule has 6 aliphatic rings. The maximum Gasteiger partial charge on any atom is 0.515 e. The Morgan fingerprint density at radius 2 is 0.500 bits per heavy atom. The van der Waals surface area contributed by atoms with Crippen LogP contribution in [0.3, 0.4) is 0 Å². The molecule has 20 heteroatoms. The van der Waals surface area contributed by atoms with Crippen LogP contribution < -0.4 is 36.3 Å². The van der Waals surface area contributed by atoms with Crippen LogP contribution in [0, 0.1) is 11.3 Å². The van der Waals surface area contributed by atoms with Crippen molar-refractivity contribution in [1.29, 1.82) is 0 Å². The molecule has 6 aliphatic heterocycles. The summed E-state index contributed by atoms with van der Waals surface area (Å²) in [5.41, 5.74) is 4.90. The molecule has 5 atom stereocenters. The summed E-state index contributed by atoms with van der Waals surface area (Å²) >= 11 is 0. The van der Waals surface area contributed by atoms with E-state index in [0.29, 0.717) is 36.3 Å². The summed E-state index contributed by atoms with van der Waals surface area (Å²) < 4.78 is 100. The van der Waals surface area contributed by atoms with Crippen LogP contribution in [0.4, 0.5) is 0 Å². The van der Waals surface area contributed by atoms with E-state index in [1.807, 2.05) is 176 Å². The summed E-state index contributed by atoms with van der Waals surface area (Å²) in [7, 11) is -39.2. The Morgan fingerprint density at radius 1 is 0.305 bits per heavy atom. The van der Waals surface area contributed by atoms with Crippen LogP contribution in [0.25, 0.3) is 36.5 Å². The molecule has 0 amide bonds. The summed E-state index contributed by atoms with van der Waals surface area (Å²) in [6.45, 7) is 33.5. The Hall–Kier alpha value is -5.76. The van der Waals surface area contributed by atoms with Crippen LogP contribution in [-0.2, 0) is 49.4 Å². The first-order valence-electron chi connectivity index (χ1n) is 27.3. The molecule has 13 rings (SSSR count). The second kappa shape index (κ2) is 21.4. The van der Waals surface area contributed by atoms with E-state index in [2.05, 4.69) is 67.2 Å². The molecule has 0 aromatic heterocycles. The SMILES string of the molecule is C=Cc1ccc([Si]23O[Si]4(CC(C)CC(C)(C)C)O[Si]5(c6ccccc6)O[Si](c6ccc(C=C)cc6)(O2)O[Si]2(c6ccc(C=C)cc6)O[Si](c6ccc(C=C)cc6)(O5)O[Si](c5ccc(C=C)cc5)(O4)O[Si](c4ccc(C=C)cc4)(O3)O2)cc1. The van der Waals surface area contributed by atoms with Gasteiger partial charge in [0.15, 0.2) is 0 Å². The second-order valence-electron chi connectivity index (χ2n) is 22.2. The average molecular weight is 1230 g/mol. The van der Waals surface area contributed by atoms with E-state index in [1.165, 1.54) is 0 Å². The molecule has 0 N–H and O–H groups in total. The minimum atomic E-state index is -4.97. The fourth-order valence-electron chi connectivity index (χ4n) is 11.2.